The first-order chi connectivity index (χ1) is 15.6. The van der Waals surface area contributed by atoms with Crippen molar-refractivity contribution >= 4 is 35.0 Å². The minimum atomic E-state index is -0.871. The summed E-state index contributed by atoms with van der Waals surface area (Å²) in [6.45, 7) is 5.41. The monoisotopic (exact) mass is 445 g/mol. The fourth-order valence-corrected chi connectivity index (χ4v) is 5.30. The molecule has 3 heterocycles. The third-order valence-corrected chi connectivity index (χ3v) is 6.77. The molecule has 0 radical (unpaired) electrons. The van der Waals surface area contributed by atoms with E-state index in [1.807, 2.05) is 41.4 Å². The molecule has 0 aromatic heterocycles. The number of carbonyl (C=O) groups is 3. The van der Waals surface area contributed by atoms with Crippen LogP contribution in [0.5, 0.6) is 0 Å². The van der Waals surface area contributed by atoms with Crippen molar-refractivity contribution in [1.29, 1.82) is 0 Å². The highest BCUT2D eigenvalue weighted by Gasteiger charge is 2.65. The highest BCUT2D eigenvalue weighted by Crippen LogP contribution is 2.54. The number of ketones is 1. The highest BCUT2D eigenvalue weighted by atomic mass is 16.6. The second-order valence-electron chi connectivity index (χ2n) is 9.74. The minimum absolute atomic E-state index is 0.119. The van der Waals surface area contributed by atoms with Crippen LogP contribution in [0.4, 0.5) is 11.4 Å². The van der Waals surface area contributed by atoms with Crippen LogP contribution in [0, 0.1) is 27.4 Å². The molecule has 0 saturated carbocycles. The molecule has 2 amide bonds. The van der Waals surface area contributed by atoms with E-state index in [0.717, 1.165) is 16.0 Å². The number of carbonyl (C=O) groups excluding carboxylic acids is 3. The van der Waals surface area contributed by atoms with Gasteiger partial charge in [-0.3, -0.25) is 24.5 Å². The standard InChI is InChI=1S/C25H23N3O5/c1-25(2,3)22(29)21-19-18(20-17-10-5-4-7-14(17)11-12-26(20)21)23(30)27(24(19)31)15-8-6-9-16(13-15)28(32)33/h4-13,18-21H,1-3H3/t18-,19-,20+,21-/m0/s1. The number of amides is 2. The normalized spacial score (nSPS) is 25.7. The molecule has 3 aliphatic heterocycles. The Morgan fingerprint density at radius 2 is 1.70 bits per heavy atom. The van der Waals surface area contributed by atoms with Gasteiger partial charge in [-0.05, 0) is 23.3 Å². The van der Waals surface area contributed by atoms with Crippen LogP contribution in [0.2, 0.25) is 0 Å². The largest absolute Gasteiger partial charge is 0.359 e. The van der Waals surface area contributed by atoms with Gasteiger partial charge in [0.1, 0.15) is 6.04 Å². The molecule has 0 bridgehead atoms. The summed E-state index contributed by atoms with van der Waals surface area (Å²) in [4.78, 5) is 54.6. The topological polar surface area (TPSA) is 101 Å². The van der Waals surface area contributed by atoms with Gasteiger partial charge in [0.05, 0.1) is 28.5 Å². The van der Waals surface area contributed by atoms with Gasteiger partial charge in [-0.2, -0.15) is 0 Å². The van der Waals surface area contributed by atoms with Crippen molar-refractivity contribution in [3.63, 3.8) is 0 Å². The summed E-state index contributed by atoms with van der Waals surface area (Å²) in [5.74, 6) is -2.68. The Morgan fingerprint density at radius 3 is 2.39 bits per heavy atom. The maximum Gasteiger partial charge on any atom is 0.271 e. The number of benzene rings is 2. The van der Waals surface area contributed by atoms with Gasteiger partial charge in [0.15, 0.2) is 5.78 Å². The average Bonchev–Trinajstić information content (AvgIpc) is 3.25. The summed E-state index contributed by atoms with van der Waals surface area (Å²) in [5.41, 5.74) is 1.05. The second kappa shape index (κ2) is 7.10. The van der Waals surface area contributed by atoms with Gasteiger partial charge < -0.3 is 4.90 Å². The van der Waals surface area contributed by atoms with E-state index in [0.29, 0.717) is 0 Å². The number of imide groups is 1. The molecule has 4 atom stereocenters. The van der Waals surface area contributed by atoms with Crippen molar-refractivity contribution < 1.29 is 19.3 Å². The number of non-ortho nitro benzene ring substituents is 1. The van der Waals surface area contributed by atoms with Gasteiger partial charge in [-0.25, -0.2) is 4.90 Å². The van der Waals surface area contributed by atoms with E-state index in [1.54, 1.807) is 20.8 Å². The molecule has 8 heteroatoms. The molecule has 2 fully saturated rings. The number of hydrogen-bond donors (Lipinski definition) is 0. The Kier molecular flexibility index (Phi) is 4.53. The van der Waals surface area contributed by atoms with Crippen LogP contribution in [0.3, 0.4) is 0 Å². The first-order valence-corrected chi connectivity index (χ1v) is 10.8. The Hall–Kier alpha value is -3.81. The number of anilines is 1. The van der Waals surface area contributed by atoms with E-state index in [2.05, 4.69) is 0 Å². The van der Waals surface area contributed by atoms with Crippen molar-refractivity contribution in [2.45, 2.75) is 32.9 Å². The Labute approximate surface area is 190 Å². The fraction of sp³-hybridized carbons (Fsp3) is 0.320. The second-order valence-corrected chi connectivity index (χ2v) is 9.74. The van der Waals surface area contributed by atoms with Crippen LogP contribution < -0.4 is 4.90 Å². The van der Waals surface area contributed by atoms with Crippen LogP contribution in [-0.4, -0.2) is 33.5 Å². The predicted molar refractivity (Wildman–Crippen MR) is 121 cm³/mol. The SMILES string of the molecule is CC(C)(C)C(=O)[C@@H]1[C@H]2C(=O)N(c3cccc([N+](=O)[O-])c3)C(=O)[C@@H]2[C@H]2c3ccccc3C=CN12. The quantitative estimate of drug-likeness (QED) is 0.405. The molecule has 0 aliphatic carbocycles. The van der Waals surface area contributed by atoms with Crippen molar-refractivity contribution in [2.75, 3.05) is 4.90 Å². The van der Waals surface area contributed by atoms with Gasteiger partial charge in [0, 0.05) is 23.7 Å². The minimum Gasteiger partial charge on any atom is -0.359 e. The zero-order valence-corrected chi connectivity index (χ0v) is 18.5. The van der Waals surface area contributed by atoms with Crippen LogP contribution >= 0.6 is 0 Å². The zero-order valence-electron chi connectivity index (χ0n) is 18.5. The molecule has 3 aliphatic rings. The number of rotatable bonds is 3. The maximum atomic E-state index is 13.7. The number of nitro groups is 1. The van der Waals surface area contributed by atoms with Crippen LogP contribution in [0.1, 0.15) is 37.9 Å². The van der Waals surface area contributed by atoms with E-state index >= 15 is 0 Å². The highest BCUT2D eigenvalue weighted by molar-refractivity contribution is 6.24. The third kappa shape index (κ3) is 3.01. The molecule has 5 rings (SSSR count). The van der Waals surface area contributed by atoms with Crippen LogP contribution in [-0.2, 0) is 14.4 Å². The fourth-order valence-electron chi connectivity index (χ4n) is 5.30. The number of nitro benzene ring substituents is 1. The third-order valence-electron chi connectivity index (χ3n) is 6.77. The van der Waals surface area contributed by atoms with Crippen LogP contribution in [0.15, 0.2) is 54.7 Å². The van der Waals surface area contributed by atoms with Gasteiger partial charge in [0.2, 0.25) is 11.8 Å². The van der Waals surface area contributed by atoms with Crippen LogP contribution in [0.25, 0.3) is 6.08 Å². The summed E-state index contributed by atoms with van der Waals surface area (Å²) in [6, 6.07) is 11.9. The summed E-state index contributed by atoms with van der Waals surface area (Å²) in [6.07, 6.45) is 3.72. The Balaban J connectivity index is 1.66. The summed E-state index contributed by atoms with van der Waals surface area (Å²) < 4.78 is 0. The van der Waals surface area contributed by atoms with Crippen molar-refractivity contribution in [1.82, 2.24) is 4.90 Å². The molecule has 2 saturated heterocycles. The average molecular weight is 445 g/mol. The van der Waals surface area contributed by atoms with E-state index < -0.39 is 46.1 Å². The lowest BCUT2D eigenvalue weighted by Gasteiger charge is -2.37. The van der Waals surface area contributed by atoms with E-state index in [-0.39, 0.29) is 17.2 Å². The molecular weight excluding hydrogens is 422 g/mol. The molecule has 2 aromatic rings. The zero-order chi connectivity index (χ0) is 23.7. The Morgan fingerprint density at radius 1 is 1.00 bits per heavy atom. The molecule has 0 unspecified atom stereocenters. The lowest BCUT2D eigenvalue weighted by molar-refractivity contribution is -0.384. The van der Waals surface area contributed by atoms with E-state index in [4.69, 9.17) is 0 Å². The molecule has 168 valence electrons. The first kappa shape index (κ1) is 21.1. The molecular formula is C25H23N3O5. The summed E-state index contributed by atoms with van der Waals surface area (Å²) in [7, 11) is 0. The Bertz CT molecular complexity index is 1240. The number of Topliss-reactive ketones (excluding diaryl/α,β-unsaturated/α-hetero) is 1. The number of fused-ring (bicyclic) bond motifs is 5. The predicted octanol–water partition coefficient (Wildman–Crippen LogP) is 3.73. The van der Waals surface area contributed by atoms with Gasteiger partial charge in [-0.15, -0.1) is 0 Å². The van der Waals surface area contributed by atoms with Crippen molar-refractivity contribution in [3.8, 4) is 0 Å². The lowest BCUT2D eigenvalue weighted by atomic mass is 9.79. The van der Waals surface area contributed by atoms with Crippen molar-refractivity contribution in [3.05, 3.63) is 76.0 Å². The maximum absolute atomic E-state index is 13.7. The van der Waals surface area contributed by atoms with Gasteiger partial charge in [0.25, 0.3) is 5.69 Å². The molecule has 0 spiro atoms. The number of nitrogens with zero attached hydrogens (tertiary/aromatic N) is 3. The summed E-state index contributed by atoms with van der Waals surface area (Å²) in [5, 5.41) is 11.3. The molecule has 33 heavy (non-hydrogen) atoms. The van der Waals surface area contributed by atoms with E-state index in [1.165, 1.54) is 24.3 Å². The summed E-state index contributed by atoms with van der Waals surface area (Å²) >= 11 is 0. The van der Waals surface area contributed by atoms with Gasteiger partial charge >= 0.3 is 0 Å². The van der Waals surface area contributed by atoms with Crippen molar-refractivity contribution in [2.24, 2.45) is 17.3 Å². The smallest absolute Gasteiger partial charge is 0.271 e. The van der Waals surface area contributed by atoms with Gasteiger partial charge in [-0.1, -0.05) is 51.1 Å². The number of hydrogen-bond acceptors (Lipinski definition) is 6. The molecule has 2 aromatic carbocycles. The molecule has 8 nitrogen and oxygen atoms in total. The molecule has 0 N–H and O–H groups in total. The first-order valence-electron chi connectivity index (χ1n) is 10.8. The van der Waals surface area contributed by atoms with E-state index in [9.17, 15) is 24.5 Å². The lowest BCUT2D eigenvalue weighted by Crippen LogP contribution is -2.47.